The van der Waals surface area contributed by atoms with Gasteiger partial charge in [-0.1, -0.05) is 35.5 Å². The Morgan fingerprint density at radius 1 is 1.27 bits per heavy atom. The summed E-state index contributed by atoms with van der Waals surface area (Å²) in [5.41, 5.74) is 3.29. The Morgan fingerprint density at radius 3 is 2.86 bits per heavy atom. The Hall–Kier alpha value is -3.22. The van der Waals surface area contributed by atoms with Gasteiger partial charge in [0.2, 0.25) is 0 Å². The van der Waals surface area contributed by atoms with Crippen LogP contribution in [-0.4, -0.2) is 27.5 Å². The Kier molecular flexibility index (Phi) is 3.53. The molecule has 1 heterocycles. The number of hydrogen-bond donors (Lipinski definition) is 2. The summed E-state index contributed by atoms with van der Waals surface area (Å²) in [6.07, 6.45) is 1.39. The van der Waals surface area contributed by atoms with Crippen molar-refractivity contribution in [1.82, 2.24) is 15.7 Å². The summed E-state index contributed by atoms with van der Waals surface area (Å²) in [4.78, 5) is 11.8. The van der Waals surface area contributed by atoms with Crippen molar-refractivity contribution >= 4 is 22.9 Å². The van der Waals surface area contributed by atoms with Crippen molar-refractivity contribution in [2.75, 3.05) is 0 Å². The molecule has 2 N–H and O–H groups in total. The molecule has 110 valence electrons. The lowest BCUT2D eigenvalue weighted by Gasteiger charge is -2.04. The second kappa shape index (κ2) is 5.65. The quantitative estimate of drug-likeness (QED) is 0.568. The molecule has 0 aliphatic carbocycles. The lowest BCUT2D eigenvalue weighted by Crippen LogP contribution is -2.19. The van der Waals surface area contributed by atoms with Gasteiger partial charge in [0.25, 0.3) is 5.91 Å². The number of aromatic nitrogens is 2. The Morgan fingerprint density at radius 2 is 2.09 bits per heavy atom. The molecule has 0 unspecified atom stereocenters. The summed E-state index contributed by atoms with van der Waals surface area (Å²) >= 11 is 0. The maximum absolute atomic E-state index is 11.8. The molecular weight excluding hydrogens is 284 g/mol. The fourth-order valence-electron chi connectivity index (χ4n) is 2.07. The molecule has 1 aromatic heterocycles. The first-order valence-corrected chi connectivity index (χ1v) is 6.50. The summed E-state index contributed by atoms with van der Waals surface area (Å²) in [7, 11) is 0. The molecule has 7 nitrogen and oxygen atoms in total. The number of nitrogens with zero attached hydrogens (tertiary/aromatic N) is 3. The monoisotopic (exact) mass is 296 g/mol. The van der Waals surface area contributed by atoms with Crippen LogP contribution in [0, 0.1) is 6.92 Å². The topological polar surface area (TPSA) is 101 Å². The number of amides is 1. The first-order chi connectivity index (χ1) is 10.7. The largest absolute Gasteiger partial charge is 0.507 e. The van der Waals surface area contributed by atoms with Gasteiger partial charge in [0.05, 0.1) is 6.21 Å². The van der Waals surface area contributed by atoms with E-state index >= 15 is 0 Å². The van der Waals surface area contributed by atoms with Crippen molar-refractivity contribution in [3.05, 3.63) is 53.3 Å². The van der Waals surface area contributed by atoms with Crippen molar-refractivity contribution in [2.45, 2.75) is 6.92 Å². The zero-order valence-electron chi connectivity index (χ0n) is 11.6. The van der Waals surface area contributed by atoms with E-state index in [1.165, 1.54) is 6.21 Å². The van der Waals surface area contributed by atoms with Gasteiger partial charge in [0, 0.05) is 5.56 Å². The van der Waals surface area contributed by atoms with Gasteiger partial charge in [-0.3, -0.25) is 4.79 Å². The maximum atomic E-state index is 11.8. The van der Waals surface area contributed by atoms with Crippen molar-refractivity contribution in [3.63, 3.8) is 0 Å². The zero-order valence-corrected chi connectivity index (χ0v) is 11.6. The number of aromatic hydroxyl groups is 1. The van der Waals surface area contributed by atoms with Crippen LogP contribution >= 0.6 is 0 Å². The van der Waals surface area contributed by atoms with E-state index in [2.05, 4.69) is 25.5 Å². The predicted octanol–water partition coefficient (Wildman–Crippen LogP) is 2.00. The number of carbonyl (C=O) groups excluding carboxylic acids is 1. The molecule has 0 fully saturated rings. The first-order valence-electron chi connectivity index (χ1n) is 6.50. The third kappa shape index (κ3) is 2.51. The minimum atomic E-state index is -0.533. The molecule has 3 rings (SSSR count). The molecule has 0 atom stereocenters. The lowest BCUT2D eigenvalue weighted by molar-refractivity contribution is 0.0945. The number of carbonyl (C=O) groups is 1. The van der Waals surface area contributed by atoms with Gasteiger partial charge >= 0.3 is 0 Å². The number of phenolic OH excluding ortho intramolecular Hbond substituents is 1. The van der Waals surface area contributed by atoms with E-state index < -0.39 is 5.91 Å². The highest BCUT2D eigenvalue weighted by molar-refractivity contribution is 6.03. The molecular formula is C15H12N4O3. The van der Waals surface area contributed by atoms with E-state index in [1.807, 2.05) is 30.3 Å². The second-order valence-corrected chi connectivity index (χ2v) is 4.62. The fraction of sp³-hybridized carbons (Fsp3) is 0.0667. The van der Waals surface area contributed by atoms with Crippen molar-refractivity contribution in [3.8, 4) is 5.75 Å². The minimum Gasteiger partial charge on any atom is -0.507 e. The van der Waals surface area contributed by atoms with E-state index in [0.717, 1.165) is 10.8 Å². The number of nitrogens with one attached hydrogen (secondary N) is 1. The van der Waals surface area contributed by atoms with Crippen LogP contribution in [0.1, 0.15) is 21.7 Å². The molecule has 0 saturated carbocycles. The highest BCUT2D eigenvalue weighted by Crippen LogP contribution is 2.25. The van der Waals surface area contributed by atoms with Crippen molar-refractivity contribution in [1.29, 1.82) is 0 Å². The van der Waals surface area contributed by atoms with Gasteiger partial charge in [0.1, 0.15) is 11.4 Å². The van der Waals surface area contributed by atoms with E-state index in [9.17, 15) is 9.90 Å². The average molecular weight is 296 g/mol. The molecule has 0 aliphatic rings. The third-order valence-electron chi connectivity index (χ3n) is 3.18. The number of phenols is 1. The maximum Gasteiger partial charge on any atom is 0.295 e. The predicted molar refractivity (Wildman–Crippen MR) is 79.7 cm³/mol. The first kappa shape index (κ1) is 13.7. The summed E-state index contributed by atoms with van der Waals surface area (Å²) in [6, 6.07) is 11.0. The second-order valence-electron chi connectivity index (χ2n) is 4.62. The zero-order chi connectivity index (χ0) is 15.5. The summed E-state index contributed by atoms with van der Waals surface area (Å²) in [5.74, 6) is -0.453. The Balaban J connectivity index is 1.86. The standard InChI is InChI=1S/C15H12N4O3/c1-9-14(19-22-18-9)15(21)17-16-8-12-11-5-3-2-4-10(11)6-7-13(12)20/h2-8,20H,1H3,(H,17,21). The van der Waals surface area contributed by atoms with Crippen LogP contribution < -0.4 is 5.43 Å². The highest BCUT2D eigenvalue weighted by Gasteiger charge is 2.14. The van der Waals surface area contributed by atoms with Crippen LogP contribution in [0.15, 0.2) is 46.1 Å². The van der Waals surface area contributed by atoms with Crippen LogP contribution in [0.3, 0.4) is 0 Å². The van der Waals surface area contributed by atoms with Gasteiger partial charge < -0.3 is 5.11 Å². The molecule has 1 amide bonds. The van der Waals surface area contributed by atoms with E-state index in [1.54, 1.807) is 13.0 Å². The van der Waals surface area contributed by atoms with E-state index in [0.29, 0.717) is 11.3 Å². The van der Waals surface area contributed by atoms with Crippen LogP contribution in [0.5, 0.6) is 5.75 Å². The molecule has 3 aromatic rings. The van der Waals surface area contributed by atoms with Gasteiger partial charge in [-0.05, 0) is 28.9 Å². The molecule has 0 saturated heterocycles. The molecule has 2 aromatic carbocycles. The Labute approximate surface area is 125 Å². The molecule has 0 bridgehead atoms. The Bertz CT molecular complexity index is 870. The van der Waals surface area contributed by atoms with E-state index in [4.69, 9.17) is 0 Å². The van der Waals surface area contributed by atoms with Gasteiger partial charge in [0.15, 0.2) is 5.69 Å². The summed E-state index contributed by atoms with van der Waals surface area (Å²) < 4.78 is 4.46. The van der Waals surface area contributed by atoms with Gasteiger partial charge in [-0.2, -0.15) is 5.10 Å². The van der Waals surface area contributed by atoms with Gasteiger partial charge in [-0.15, -0.1) is 0 Å². The number of hydrazone groups is 1. The normalized spacial score (nSPS) is 11.1. The third-order valence-corrected chi connectivity index (χ3v) is 3.18. The molecule has 0 aliphatic heterocycles. The van der Waals surface area contributed by atoms with E-state index in [-0.39, 0.29) is 11.4 Å². The van der Waals surface area contributed by atoms with Crippen LogP contribution in [0.2, 0.25) is 0 Å². The van der Waals surface area contributed by atoms with Crippen molar-refractivity contribution in [2.24, 2.45) is 5.10 Å². The fourth-order valence-corrected chi connectivity index (χ4v) is 2.07. The van der Waals surface area contributed by atoms with Gasteiger partial charge in [-0.25, -0.2) is 10.1 Å². The number of rotatable bonds is 3. The molecule has 0 radical (unpaired) electrons. The number of aryl methyl sites for hydroxylation is 1. The van der Waals surface area contributed by atoms with Crippen molar-refractivity contribution < 1.29 is 14.5 Å². The number of hydrogen-bond acceptors (Lipinski definition) is 6. The summed E-state index contributed by atoms with van der Waals surface area (Å²) in [5, 5.41) is 22.6. The highest BCUT2D eigenvalue weighted by atomic mass is 16.6. The lowest BCUT2D eigenvalue weighted by atomic mass is 10.0. The smallest absolute Gasteiger partial charge is 0.295 e. The summed E-state index contributed by atoms with van der Waals surface area (Å²) in [6.45, 7) is 1.60. The number of fused-ring (bicyclic) bond motifs is 1. The van der Waals surface area contributed by atoms with Crippen LogP contribution in [0.25, 0.3) is 10.8 Å². The average Bonchev–Trinajstić information content (AvgIpc) is 2.95. The SMILES string of the molecule is Cc1nonc1C(=O)NN=Cc1c(O)ccc2ccccc12. The van der Waals surface area contributed by atoms with Crippen LogP contribution in [0.4, 0.5) is 0 Å². The minimum absolute atomic E-state index is 0.0688. The van der Waals surface area contributed by atoms with Crippen LogP contribution in [-0.2, 0) is 0 Å². The molecule has 0 spiro atoms. The number of benzene rings is 2. The molecule has 22 heavy (non-hydrogen) atoms. The molecule has 7 heteroatoms.